The molecule has 10 heteroatoms. The maximum atomic E-state index is 14.5. The largest absolute Gasteiger partial charge is 0.494 e. The minimum atomic E-state index is -1.23. The summed E-state index contributed by atoms with van der Waals surface area (Å²) in [4.78, 5) is 44.2. The van der Waals surface area contributed by atoms with Crippen LogP contribution in [0.15, 0.2) is 48.5 Å². The highest BCUT2D eigenvalue weighted by Crippen LogP contribution is 2.65. The first kappa shape index (κ1) is 30.3. The van der Waals surface area contributed by atoms with Crippen LogP contribution < -0.4 is 15.4 Å². The summed E-state index contributed by atoms with van der Waals surface area (Å²) in [5.41, 5.74) is -1.10. The predicted molar refractivity (Wildman–Crippen MR) is 160 cm³/mol. The van der Waals surface area contributed by atoms with Gasteiger partial charge in [-0.3, -0.25) is 14.4 Å². The van der Waals surface area contributed by atoms with Crippen LogP contribution in [0.5, 0.6) is 5.75 Å². The highest BCUT2D eigenvalue weighted by molar-refractivity contribution is 6.30. The number of hydrogen-bond donors (Lipinski definition) is 3. The number of aliphatic hydroxyl groups excluding tert-OH is 1. The van der Waals surface area contributed by atoms with Crippen LogP contribution in [-0.4, -0.2) is 64.2 Å². The number of fused-ring (bicyclic) bond motifs is 1. The van der Waals surface area contributed by atoms with Crippen LogP contribution in [0.1, 0.15) is 47.5 Å². The molecule has 0 saturated carbocycles. The van der Waals surface area contributed by atoms with E-state index in [1.165, 1.54) is 4.90 Å². The lowest BCUT2D eigenvalue weighted by atomic mass is 9.62. The van der Waals surface area contributed by atoms with E-state index in [9.17, 15) is 19.5 Å². The maximum Gasteiger partial charge on any atom is 0.250 e. The number of benzene rings is 2. The number of carbonyl (C=O) groups is 3. The Morgan fingerprint density at radius 3 is 2.26 bits per heavy atom. The van der Waals surface area contributed by atoms with Crippen LogP contribution in [0.25, 0.3) is 0 Å². The average molecular weight is 598 g/mol. The Balaban J connectivity index is 1.54. The second-order valence-corrected chi connectivity index (χ2v) is 12.5. The third kappa shape index (κ3) is 4.85. The summed E-state index contributed by atoms with van der Waals surface area (Å²) in [5.74, 6) is -2.34. The zero-order chi connectivity index (χ0) is 30.4. The highest BCUT2D eigenvalue weighted by Gasteiger charge is 2.80. The molecule has 3 unspecified atom stereocenters. The Morgan fingerprint density at radius 2 is 1.69 bits per heavy atom. The second kappa shape index (κ2) is 11.5. The smallest absolute Gasteiger partial charge is 0.250 e. The van der Waals surface area contributed by atoms with Crippen molar-refractivity contribution in [3.63, 3.8) is 0 Å². The molecule has 0 radical (unpaired) electrons. The first-order valence-electron chi connectivity index (χ1n) is 14.7. The zero-order valence-electron chi connectivity index (χ0n) is 24.7. The van der Waals surface area contributed by atoms with E-state index < -0.39 is 41.0 Å². The fourth-order valence-corrected chi connectivity index (χ4v) is 7.44. The Bertz CT molecular complexity index is 1340. The van der Waals surface area contributed by atoms with Gasteiger partial charge in [0.25, 0.3) is 0 Å². The number of anilines is 2. The highest BCUT2D eigenvalue weighted by atomic mass is 35.5. The van der Waals surface area contributed by atoms with Gasteiger partial charge >= 0.3 is 0 Å². The molecule has 3 heterocycles. The Morgan fingerprint density at radius 1 is 1.10 bits per heavy atom. The molecule has 42 heavy (non-hydrogen) atoms. The van der Waals surface area contributed by atoms with Crippen molar-refractivity contribution in [2.45, 2.75) is 70.7 Å². The molecule has 3 amide bonds. The molecule has 0 aromatic heterocycles. The number of nitrogens with one attached hydrogen (secondary N) is 2. The van der Waals surface area contributed by atoms with E-state index in [2.05, 4.69) is 10.6 Å². The normalized spacial score (nSPS) is 31.0. The van der Waals surface area contributed by atoms with Gasteiger partial charge in [0.1, 0.15) is 17.4 Å². The monoisotopic (exact) mass is 597 g/mol. The SMILES string of the molecule is CCOc1ccc(NC(=O)[C@H]2[C@H]3C(=O)N([C@@H](CO)[C@@H](C)CC)C(C(=O)Nc4ccc(Cl)cc4)C34CC(C)[C@]2(C)O4)cc1. The van der Waals surface area contributed by atoms with E-state index in [4.69, 9.17) is 21.1 Å². The van der Waals surface area contributed by atoms with E-state index in [1.807, 2.05) is 34.6 Å². The molecular formula is C32H40ClN3O6. The molecule has 3 aliphatic rings. The van der Waals surface area contributed by atoms with E-state index in [0.717, 1.165) is 0 Å². The number of ether oxygens (including phenoxy) is 2. The fraction of sp³-hybridized carbons (Fsp3) is 0.531. The zero-order valence-corrected chi connectivity index (χ0v) is 25.5. The summed E-state index contributed by atoms with van der Waals surface area (Å²) in [6.45, 7) is 9.92. The summed E-state index contributed by atoms with van der Waals surface area (Å²) < 4.78 is 12.3. The molecule has 3 fully saturated rings. The lowest BCUT2D eigenvalue weighted by molar-refractivity contribution is -0.149. The molecular weight excluding hydrogens is 558 g/mol. The van der Waals surface area contributed by atoms with E-state index in [-0.39, 0.29) is 30.3 Å². The van der Waals surface area contributed by atoms with Crippen molar-refractivity contribution < 1.29 is 29.0 Å². The molecule has 2 aromatic rings. The quantitative estimate of drug-likeness (QED) is 0.364. The summed E-state index contributed by atoms with van der Waals surface area (Å²) in [5, 5.41) is 17.0. The minimum absolute atomic E-state index is 0.0960. The van der Waals surface area contributed by atoms with E-state index in [0.29, 0.717) is 41.6 Å². The van der Waals surface area contributed by atoms with Crippen molar-refractivity contribution in [3.05, 3.63) is 53.6 Å². The fourth-order valence-electron chi connectivity index (χ4n) is 7.31. The van der Waals surface area contributed by atoms with Crippen molar-refractivity contribution in [1.82, 2.24) is 4.90 Å². The number of amides is 3. The lowest BCUT2D eigenvalue weighted by Crippen LogP contribution is -2.57. The number of halogens is 1. The molecule has 0 aliphatic carbocycles. The number of carbonyl (C=O) groups excluding carboxylic acids is 3. The van der Waals surface area contributed by atoms with Crippen molar-refractivity contribution in [2.24, 2.45) is 23.7 Å². The Labute approximate surface area is 251 Å². The molecule has 9 nitrogen and oxygen atoms in total. The van der Waals surface area contributed by atoms with Gasteiger partial charge in [0.05, 0.1) is 36.7 Å². The number of nitrogens with zero attached hydrogens (tertiary/aromatic N) is 1. The number of rotatable bonds is 10. The first-order chi connectivity index (χ1) is 20.0. The van der Waals surface area contributed by atoms with Gasteiger partial charge < -0.3 is 30.1 Å². The van der Waals surface area contributed by atoms with Crippen LogP contribution in [0.2, 0.25) is 5.02 Å². The summed E-state index contributed by atoms with van der Waals surface area (Å²) in [7, 11) is 0. The van der Waals surface area contributed by atoms with Gasteiger partial charge in [0.2, 0.25) is 17.7 Å². The third-order valence-electron chi connectivity index (χ3n) is 9.67. The molecule has 8 atom stereocenters. The van der Waals surface area contributed by atoms with Crippen molar-refractivity contribution in [1.29, 1.82) is 0 Å². The van der Waals surface area contributed by atoms with Crippen LogP contribution in [-0.2, 0) is 19.1 Å². The van der Waals surface area contributed by atoms with Gasteiger partial charge in [-0.1, -0.05) is 38.8 Å². The predicted octanol–water partition coefficient (Wildman–Crippen LogP) is 4.73. The summed E-state index contributed by atoms with van der Waals surface area (Å²) in [6.07, 6.45) is 1.12. The molecule has 1 spiro atoms. The number of hydrogen-bond acceptors (Lipinski definition) is 6. The molecule has 5 rings (SSSR count). The maximum absolute atomic E-state index is 14.5. The third-order valence-corrected chi connectivity index (χ3v) is 9.93. The van der Waals surface area contributed by atoms with Gasteiger partial charge in [-0.2, -0.15) is 0 Å². The number of aliphatic hydroxyl groups is 1. The lowest BCUT2D eigenvalue weighted by Gasteiger charge is -2.39. The second-order valence-electron chi connectivity index (χ2n) is 12.0. The molecule has 3 N–H and O–H groups in total. The number of likely N-dealkylation sites (tertiary alicyclic amines) is 1. The molecule has 2 bridgehead atoms. The first-order valence-corrected chi connectivity index (χ1v) is 15.1. The molecule has 3 aliphatic heterocycles. The van der Waals surface area contributed by atoms with Crippen molar-refractivity contribution in [3.8, 4) is 5.75 Å². The molecule has 2 aromatic carbocycles. The van der Waals surface area contributed by atoms with Crippen LogP contribution in [0.3, 0.4) is 0 Å². The minimum Gasteiger partial charge on any atom is -0.494 e. The van der Waals surface area contributed by atoms with Gasteiger partial charge in [0.15, 0.2) is 0 Å². The van der Waals surface area contributed by atoms with Crippen LogP contribution in [0.4, 0.5) is 11.4 Å². The van der Waals surface area contributed by atoms with Gasteiger partial charge in [-0.15, -0.1) is 0 Å². The molecule has 226 valence electrons. The Hall–Kier alpha value is -3.14. The van der Waals surface area contributed by atoms with Crippen molar-refractivity contribution >= 4 is 40.7 Å². The van der Waals surface area contributed by atoms with E-state index >= 15 is 0 Å². The molecule has 3 saturated heterocycles. The summed E-state index contributed by atoms with van der Waals surface area (Å²) in [6, 6.07) is 12.1. The van der Waals surface area contributed by atoms with Crippen LogP contribution >= 0.6 is 11.6 Å². The Kier molecular flexibility index (Phi) is 8.31. The summed E-state index contributed by atoms with van der Waals surface area (Å²) >= 11 is 6.05. The van der Waals surface area contributed by atoms with Gasteiger partial charge in [-0.05, 0) is 80.6 Å². The van der Waals surface area contributed by atoms with Crippen molar-refractivity contribution in [2.75, 3.05) is 23.8 Å². The van der Waals surface area contributed by atoms with E-state index in [1.54, 1.807) is 48.5 Å². The van der Waals surface area contributed by atoms with Crippen LogP contribution in [0, 0.1) is 23.7 Å². The standard InChI is InChI=1S/C32H40ClN3O6/c1-6-18(3)24(17-37)36-27(29(39)35-21-10-8-20(33)9-11-21)32-16-19(4)31(5,42-32)25(26(32)30(36)40)28(38)34-22-12-14-23(15-13-22)41-7-2/h8-15,18-19,24-27,37H,6-7,16-17H2,1-5H3,(H,34,38)(H,35,39)/t18-,19?,24-,25+,26-,27?,31-,32?/m0/s1. The van der Waals surface area contributed by atoms with Gasteiger partial charge in [-0.25, -0.2) is 0 Å². The van der Waals surface area contributed by atoms with Gasteiger partial charge in [0, 0.05) is 16.4 Å². The topological polar surface area (TPSA) is 117 Å². The average Bonchev–Trinajstić information content (AvgIpc) is 3.48.